The molecule has 1 heterocycles. The molecule has 37 heavy (non-hydrogen) atoms. The van der Waals surface area contributed by atoms with Crippen molar-refractivity contribution in [3.8, 4) is 11.5 Å². The first-order valence-electron chi connectivity index (χ1n) is 10.9. The van der Waals surface area contributed by atoms with Gasteiger partial charge in [-0.05, 0) is 88.7 Å². The maximum Gasteiger partial charge on any atom is 0.285 e. The normalized spacial score (nSPS) is 14.3. The van der Waals surface area contributed by atoms with Crippen LogP contribution in [0.25, 0.3) is 6.08 Å². The van der Waals surface area contributed by atoms with Crippen molar-refractivity contribution < 1.29 is 19.1 Å². The molecule has 0 aliphatic carbocycles. The lowest BCUT2D eigenvalue weighted by molar-refractivity contribution is -0.123. The third kappa shape index (κ3) is 6.66. The van der Waals surface area contributed by atoms with Crippen molar-refractivity contribution >= 4 is 85.3 Å². The second-order valence-corrected chi connectivity index (χ2v) is 11.0. The molecular weight excluding hydrogens is 619 g/mol. The fraction of sp³-hybridized carbons (Fsp3) is 0.115. The third-order valence-corrected chi connectivity index (χ3v) is 7.67. The van der Waals surface area contributed by atoms with Crippen LogP contribution in [-0.4, -0.2) is 27.8 Å². The summed E-state index contributed by atoms with van der Waals surface area (Å²) in [4.78, 5) is 25.9. The highest BCUT2D eigenvalue weighted by molar-refractivity contribution is 9.10. The van der Waals surface area contributed by atoms with Gasteiger partial charge >= 0.3 is 0 Å². The highest BCUT2D eigenvalue weighted by atomic mass is 79.9. The van der Waals surface area contributed by atoms with Gasteiger partial charge in [-0.25, -0.2) is 0 Å². The second-order valence-electron chi connectivity index (χ2n) is 7.62. The number of thiocarbonyl (C=S) groups is 1. The van der Waals surface area contributed by atoms with Crippen molar-refractivity contribution in [1.82, 2.24) is 10.4 Å². The number of amides is 2. The number of hydrogen-bond donors (Lipinski definition) is 1. The summed E-state index contributed by atoms with van der Waals surface area (Å²) in [5.41, 5.74) is 4.52. The number of hydrogen-bond acceptors (Lipinski definition) is 6. The summed E-state index contributed by atoms with van der Waals surface area (Å²) in [7, 11) is 0. The van der Waals surface area contributed by atoms with E-state index in [0.29, 0.717) is 48.7 Å². The Kier molecular flexibility index (Phi) is 9.15. The summed E-state index contributed by atoms with van der Waals surface area (Å²) >= 11 is 22.1. The Labute approximate surface area is 242 Å². The van der Waals surface area contributed by atoms with Crippen LogP contribution in [0.2, 0.25) is 10.0 Å². The van der Waals surface area contributed by atoms with Crippen LogP contribution in [0, 0.1) is 0 Å². The second kappa shape index (κ2) is 12.3. The predicted octanol–water partition coefficient (Wildman–Crippen LogP) is 7.28. The number of carbonyl (C=O) groups is 2. The molecule has 0 spiro atoms. The van der Waals surface area contributed by atoms with Gasteiger partial charge in [-0.2, -0.15) is 5.01 Å². The van der Waals surface area contributed by atoms with Crippen LogP contribution in [-0.2, 0) is 11.4 Å². The van der Waals surface area contributed by atoms with Crippen molar-refractivity contribution in [2.75, 3.05) is 6.61 Å². The Morgan fingerprint density at radius 2 is 1.86 bits per heavy atom. The minimum absolute atomic E-state index is 0.228. The van der Waals surface area contributed by atoms with Crippen LogP contribution in [0.5, 0.6) is 11.5 Å². The zero-order valence-electron chi connectivity index (χ0n) is 19.3. The third-order valence-electron chi connectivity index (χ3n) is 5.04. The van der Waals surface area contributed by atoms with E-state index in [1.165, 1.54) is 0 Å². The molecule has 0 aromatic heterocycles. The molecule has 1 fully saturated rings. The molecule has 3 aromatic carbocycles. The van der Waals surface area contributed by atoms with Crippen LogP contribution in [0.4, 0.5) is 0 Å². The number of nitrogens with zero attached hydrogens (tertiary/aromatic N) is 1. The Balaban J connectivity index is 1.53. The van der Waals surface area contributed by atoms with Crippen molar-refractivity contribution in [2.24, 2.45) is 0 Å². The summed E-state index contributed by atoms with van der Waals surface area (Å²) < 4.78 is 12.7. The molecule has 1 aliphatic rings. The minimum atomic E-state index is -0.428. The van der Waals surface area contributed by atoms with Gasteiger partial charge in [-0.3, -0.25) is 15.0 Å². The van der Waals surface area contributed by atoms with Crippen LogP contribution >= 0.6 is 63.1 Å². The topological polar surface area (TPSA) is 67.9 Å². The molecule has 0 saturated carbocycles. The first-order chi connectivity index (χ1) is 17.8. The van der Waals surface area contributed by atoms with Gasteiger partial charge in [0, 0.05) is 5.56 Å². The Hall–Kier alpha value is -2.56. The summed E-state index contributed by atoms with van der Waals surface area (Å²) in [6.07, 6.45) is 1.68. The van der Waals surface area contributed by atoms with E-state index in [1.54, 1.807) is 54.6 Å². The van der Waals surface area contributed by atoms with Crippen molar-refractivity contribution in [3.63, 3.8) is 0 Å². The number of thioether (sulfide) groups is 1. The largest absolute Gasteiger partial charge is 0.490 e. The lowest BCUT2D eigenvalue weighted by Gasteiger charge is -2.16. The van der Waals surface area contributed by atoms with E-state index in [1.807, 2.05) is 19.1 Å². The van der Waals surface area contributed by atoms with Gasteiger partial charge in [-0.15, -0.1) is 0 Å². The van der Waals surface area contributed by atoms with Gasteiger partial charge in [0.15, 0.2) is 15.8 Å². The highest BCUT2D eigenvalue weighted by Gasteiger charge is 2.34. The predicted molar refractivity (Wildman–Crippen MR) is 155 cm³/mol. The van der Waals surface area contributed by atoms with Gasteiger partial charge in [0.05, 0.1) is 26.0 Å². The molecule has 0 radical (unpaired) electrons. The molecule has 11 heteroatoms. The van der Waals surface area contributed by atoms with Crippen molar-refractivity contribution in [2.45, 2.75) is 13.5 Å². The van der Waals surface area contributed by atoms with Gasteiger partial charge < -0.3 is 9.47 Å². The molecule has 3 aromatic rings. The van der Waals surface area contributed by atoms with E-state index in [0.717, 1.165) is 22.3 Å². The maximum atomic E-state index is 13.0. The van der Waals surface area contributed by atoms with Crippen LogP contribution in [0.3, 0.4) is 0 Å². The summed E-state index contributed by atoms with van der Waals surface area (Å²) in [5, 5.41) is 1.99. The molecule has 0 unspecified atom stereocenters. The molecule has 0 atom stereocenters. The fourth-order valence-electron chi connectivity index (χ4n) is 3.33. The lowest BCUT2D eigenvalue weighted by Crippen LogP contribution is -2.44. The van der Waals surface area contributed by atoms with E-state index in [9.17, 15) is 9.59 Å². The van der Waals surface area contributed by atoms with Gasteiger partial charge in [0.25, 0.3) is 11.8 Å². The standard InChI is InChI=1S/C26H19BrCl2N2O4S2/c1-2-34-21-12-16(10-18(27)23(21)35-14-15-8-9-19(28)20(29)11-15)13-22-25(33)31(26(36)37-22)30-24(32)17-6-4-3-5-7-17/h3-13H,2,14H2,1H3,(H,30,32)/b22-13-. The van der Waals surface area contributed by atoms with Crippen LogP contribution in [0.1, 0.15) is 28.4 Å². The first-order valence-corrected chi connectivity index (χ1v) is 13.7. The number of carbonyl (C=O) groups excluding carboxylic acids is 2. The average Bonchev–Trinajstić information content (AvgIpc) is 3.13. The quantitative estimate of drug-likeness (QED) is 0.207. The van der Waals surface area contributed by atoms with Gasteiger partial charge in [0.2, 0.25) is 0 Å². The zero-order chi connectivity index (χ0) is 26.5. The Morgan fingerprint density at radius 1 is 1.11 bits per heavy atom. The molecule has 190 valence electrons. The van der Waals surface area contributed by atoms with Crippen molar-refractivity contribution in [3.05, 3.63) is 96.8 Å². The molecule has 2 amide bonds. The SMILES string of the molecule is CCOc1cc(/C=C2\SC(=S)N(NC(=O)c3ccccc3)C2=O)cc(Br)c1OCc1ccc(Cl)c(Cl)c1. The Morgan fingerprint density at radius 3 is 2.57 bits per heavy atom. The van der Waals surface area contributed by atoms with Gasteiger partial charge in [0.1, 0.15) is 6.61 Å². The molecule has 4 rings (SSSR count). The lowest BCUT2D eigenvalue weighted by atomic mass is 10.1. The number of rotatable bonds is 8. The van der Waals surface area contributed by atoms with Crippen molar-refractivity contribution in [1.29, 1.82) is 0 Å². The number of benzene rings is 3. The minimum Gasteiger partial charge on any atom is -0.490 e. The van der Waals surface area contributed by atoms with Crippen LogP contribution in [0.15, 0.2) is 70.0 Å². The smallest absolute Gasteiger partial charge is 0.285 e. The number of nitrogens with one attached hydrogen (secondary N) is 1. The van der Waals surface area contributed by atoms with Crippen LogP contribution < -0.4 is 14.9 Å². The highest BCUT2D eigenvalue weighted by Crippen LogP contribution is 2.40. The molecule has 6 nitrogen and oxygen atoms in total. The molecule has 1 aliphatic heterocycles. The number of hydrazine groups is 1. The van der Waals surface area contributed by atoms with E-state index in [4.69, 9.17) is 44.9 Å². The number of ether oxygens (including phenoxy) is 2. The zero-order valence-corrected chi connectivity index (χ0v) is 24.0. The molecule has 1 N–H and O–H groups in total. The molecule has 0 bridgehead atoms. The molecular formula is C26H19BrCl2N2O4S2. The fourth-order valence-corrected chi connectivity index (χ4v) is 5.40. The van der Waals surface area contributed by atoms with E-state index < -0.39 is 11.8 Å². The van der Waals surface area contributed by atoms with E-state index >= 15 is 0 Å². The summed E-state index contributed by atoms with van der Waals surface area (Å²) in [5.74, 6) is 0.153. The first kappa shape index (κ1) is 27.5. The van der Waals surface area contributed by atoms with E-state index in [-0.39, 0.29) is 10.9 Å². The van der Waals surface area contributed by atoms with Gasteiger partial charge in [-0.1, -0.05) is 59.2 Å². The molecule has 1 saturated heterocycles. The van der Waals surface area contributed by atoms with E-state index in [2.05, 4.69) is 21.4 Å². The average molecular weight is 638 g/mol. The number of halogens is 3. The maximum absolute atomic E-state index is 13.0. The summed E-state index contributed by atoms with van der Waals surface area (Å²) in [6, 6.07) is 17.5. The summed E-state index contributed by atoms with van der Waals surface area (Å²) in [6.45, 7) is 2.52. The monoisotopic (exact) mass is 636 g/mol. The Bertz CT molecular complexity index is 1400.